The van der Waals surface area contributed by atoms with Crippen LogP contribution in [0.1, 0.15) is 29.8 Å². The average Bonchev–Trinajstić information content (AvgIpc) is 2.44. The molecule has 0 spiro atoms. The van der Waals surface area contributed by atoms with Crippen molar-refractivity contribution in [2.75, 3.05) is 0 Å². The molecule has 3 heteroatoms. The molecule has 1 aromatic carbocycles. The number of amides is 1. The van der Waals surface area contributed by atoms with E-state index in [1.807, 2.05) is 29.2 Å². The lowest BCUT2D eigenvalue weighted by Gasteiger charge is -2.29. The summed E-state index contributed by atoms with van der Waals surface area (Å²) in [6.45, 7) is 4.85. The minimum atomic E-state index is -0.117. The molecule has 0 N–H and O–H groups in total. The number of rotatable bonds is 1. The second kappa shape index (κ2) is 3.22. The number of benzene rings is 1. The van der Waals surface area contributed by atoms with E-state index in [1.54, 1.807) is 0 Å². The van der Waals surface area contributed by atoms with Crippen LogP contribution in [0.3, 0.4) is 0 Å². The number of fused-ring (bicyclic) bond motifs is 1. The third-order valence-corrected chi connectivity index (χ3v) is 3.05. The average molecular weight is 301 g/mol. The van der Waals surface area contributed by atoms with Gasteiger partial charge >= 0.3 is 0 Å². The zero-order valence-corrected chi connectivity index (χ0v) is 10.4. The second-order valence-corrected chi connectivity index (χ2v) is 6.60. The molecule has 0 saturated heterocycles. The second-order valence-electron chi connectivity index (χ2n) is 3.96. The first-order valence-corrected chi connectivity index (χ1v) is 5.67. The largest absolute Gasteiger partial charge is 0.320 e. The summed E-state index contributed by atoms with van der Waals surface area (Å²) in [6.07, 6.45) is 0. The fourth-order valence-corrected chi connectivity index (χ4v) is 2.07. The lowest BCUT2D eigenvalue weighted by molar-refractivity contribution is 0.0716. The summed E-state index contributed by atoms with van der Waals surface area (Å²) in [7, 11) is 0. The molecule has 1 aliphatic rings. The first-order chi connectivity index (χ1) is 6.50. The highest BCUT2D eigenvalue weighted by atomic mass is 127. The van der Waals surface area contributed by atoms with Crippen molar-refractivity contribution in [2.24, 2.45) is 0 Å². The Morgan fingerprint density at radius 2 is 2.00 bits per heavy atom. The van der Waals surface area contributed by atoms with Crippen LogP contribution in [0.15, 0.2) is 24.3 Å². The molecule has 0 saturated carbocycles. The van der Waals surface area contributed by atoms with E-state index >= 15 is 0 Å². The van der Waals surface area contributed by atoms with E-state index in [1.165, 1.54) is 0 Å². The molecule has 2 nitrogen and oxygen atoms in total. The van der Waals surface area contributed by atoms with Crippen LogP contribution in [0.5, 0.6) is 0 Å². The van der Waals surface area contributed by atoms with Gasteiger partial charge in [0, 0.05) is 12.1 Å². The van der Waals surface area contributed by atoms with Crippen LogP contribution in [0.2, 0.25) is 0 Å². The summed E-state index contributed by atoms with van der Waals surface area (Å²) in [6, 6.07) is 7.83. The molecule has 1 heterocycles. The predicted octanol–water partition coefficient (Wildman–Crippen LogP) is 2.81. The van der Waals surface area contributed by atoms with Crippen molar-refractivity contribution in [2.45, 2.75) is 23.9 Å². The maximum atomic E-state index is 12.0. The molecule has 0 unspecified atom stereocenters. The zero-order chi connectivity index (χ0) is 10.3. The highest BCUT2D eigenvalue weighted by Crippen LogP contribution is 2.32. The topological polar surface area (TPSA) is 20.3 Å². The van der Waals surface area contributed by atoms with Crippen molar-refractivity contribution in [3.05, 3.63) is 35.4 Å². The highest BCUT2D eigenvalue weighted by Gasteiger charge is 2.35. The van der Waals surface area contributed by atoms with Gasteiger partial charge < -0.3 is 4.90 Å². The highest BCUT2D eigenvalue weighted by molar-refractivity contribution is 14.1. The molecule has 0 aliphatic carbocycles. The van der Waals surface area contributed by atoms with Gasteiger partial charge in [-0.15, -0.1) is 0 Å². The molecule has 0 radical (unpaired) electrons. The summed E-state index contributed by atoms with van der Waals surface area (Å²) >= 11 is 2.30. The van der Waals surface area contributed by atoms with Crippen LogP contribution in [-0.4, -0.2) is 14.4 Å². The van der Waals surface area contributed by atoms with Crippen molar-refractivity contribution >= 4 is 28.5 Å². The quantitative estimate of drug-likeness (QED) is 0.444. The molecule has 1 aliphatic heterocycles. The molecule has 0 aromatic heterocycles. The van der Waals surface area contributed by atoms with E-state index in [0.717, 1.165) is 17.7 Å². The fourth-order valence-electron chi connectivity index (χ4n) is 1.68. The normalized spacial score (nSPS) is 15.9. The molecule has 74 valence electrons. The van der Waals surface area contributed by atoms with Crippen LogP contribution in [0.25, 0.3) is 0 Å². The monoisotopic (exact) mass is 301 g/mol. The smallest absolute Gasteiger partial charge is 0.255 e. The van der Waals surface area contributed by atoms with Crippen molar-refractivity contribution in [3.63, 3.8) is 0 Å². The van der Waals surface area contributed by atoms with Gasteiger partial charge in [-0.05, 0) is 25.5 Å². The van der Waals surface area contributed by atoms with E-state index in [9.17, 15) is 4.79 Å². The minimum Gasteiger partial charge on any atom is -0.320 e. The van der Waals surface area contributed by atoms with Gasteiger partial charge in [-0.3, -0.25) is 4.79 Å². The molecule has 14 heavy (non-hydrogen) atoms. The van der Waals surface area contributed by atoms with Crippen LogP contribution in [0, 0.1) is 0 Å². The standard InChI is InChI=1S/C11H12INO/c1-11(2,12)13-7-8-5-3-4-6-9(8)10(13)14/h3-6H,7H2,1-2H3. The predicted molar refractivity (Wildman–Crippen MR) is 64.4 cm³/mol. The van der Waals surface area contributed by atoms with E-state index in [4.69, 9.17) is 0 Å². The van der Waals surface area contributed by atoms with Gasteiger partial charge in [0.1, 0.15) is 0 Å². The lowest BCUT2D eigenvalue weighted by Crippen LogP contribution is -2.38. The number of carbonyl (C=O) groups is 1. The van der Waals surface area contributed by atoms with Gasteiger partial charge in [0.15, 0.2) is 0 Å². The van der Waals surface area contributed by atoms with Crippen molar-refractivity contribution in [1.82, 2.24) is 4.90 Å². The van der Waals surface area contributed by atoms with Crippen LogP contribution in [0.4, 0.5) is 0 Å². The van der Waals surface area contributed by atoms with Gasteiger partial charge in [0.05, 0.1) is 3.55 Å². The number of alkyl halides is 1. The fraction of sp³-hybridized carbons (Fsp3) is 0.364. The Bertz CT molecular complexity index is 381. The third-order valence-electron chi connectivity index (χ3n) is 2.46. The van der Waals surface area contributed by atoms with Crippen molar-refractivity contribution < 1.29 is 4.79 Å². The SMILES string of the molecule is CC(C)(I)N1Cc2ccccc2C1=O. The third kappa shape index (κ3) is 1.54. The lowest BCUT2D eigenvalue weighted by atomic mass is 10.1. The zero-order valence-electron chi connectivity index (χ0n) is 8.25. The van der Waals surface area contributed by atoms with E-state index in [0.29, 0.717) is 0 Å². The van der Waals surface area contributed by atoms with Crippen molar-refractivity contribution in [1.29, 1.82) is 0 Å². The van der Waals surface area contributed by atoms with Crippen molar-refractivity contribution in [3.8, 4) is 0 Å². The number of nitrogens with zero attached hydrogens (tertiary/aromatic N) is 1. The molecular weight excluding hydrogens is 289 g/mol. The molecule has 0 atom stereocenters. The molecule has 2 rings (SSSR count). The summed E-state index contributed by atoms with van der Waals surface area (Å²) < 4.78 is -0.117. The molecule has 1 amide bonds. The summed E-state index contributed by atoms with van der Waals surface area (Å²) in [5.41, 5.74) is 2.00. The maximum Gasteiger partial charge on any atom is 0.255 e. The van der Waals surface area contributed by atoms with E-state index in [2.05, 4.69) is 36.4 Å². The Labute approximate surface area is 97.4 Å². The van der Waals surface area contributed by atoms with Crippen LogP contribution in [-0.2, 0) is 6.54 Å². The van der Waals surface area contributed by atoms with Gasteiger partial charge in [-0.25, -0.2) is 0 Å². The Balaban J connectivity index is 2.40. The first-order valence-electron chi connectivity index (χ1n) is 4.59. The Morgan fingerprint density at radius 1 is 1.36 bits per heavy atom. The van der Waals surface area contributed by atoms with Gasteiger partial charge in [0.2, 0.25) is 0 Å². The number of halogens is 1. The number of hydrogen-bond acceptors (Lipinski definition) is 1. The Hall–Kier alpha value is -0.580. The van der Waals surface area contributed by atoms with Gasteiger partial charge in [-0.1, -0.05) is 40.8 Å². The van der Waals surface area contributed by atoms with Crippen LogP contribution >= 0.6 is 22.6 Å². The Kier molecular flexibility index (Phi) is 2.29. The number of hydrogen-bond donors (Lipinski definition) is 0. The van der Waals surface area contributed by atoms with E-state index < -0.39 is 0 Å². The Morgan fingerprint density at radius 3 is 2.57 bits per heavy atom. The molecule has 0 fully saturated rings. The summed E-state index contributed by atoms with van der Waals surface area (Å²) in [4.78, 5) is 13.9. The maximum absolute atomic E-state index is 12.0. The van der Waals surface area contributed by atoms with E-state index in [-0.39, 0.29) is 9.45 Å². The van der Waals surface area contributed by atoms with Gasteiger partial charge in [0.25, 0.3) is 5.91 Å². The minimum absolute atomic E-state index is 0.117. The summed E-state index contributed by atoms with van der Waals surface area (Å²) in [5, 5.41) is 0. The number of carbonyl (C=O) groups excluding carboxylic acids is 1. The summed E-state index contributed by atoms with van der Waals surface area (Å²) in [5.74, 6) is 0.153. The van der Waals surface area contributed by atoms with Crippen LogP contribution < -0.4 is 0 Å². The molecular formula is C11H12INO. The first kappa shape index (κ1) is 9.96. The molecule has 1 aromatic rings. The molecule has 0 bridgehead atoms. The van der Waals surface area contributed by atoms with Gasteiger partial charge in [-0.2, -0.15) is 0 Å².